The zero-order valence-corrected chi connectivity index (χ0v) is 15.5. The fourth-order valence-corrected chi connectivity index (χ4v) is 4.37. The highest BCUT2D eigenvalue weighted by atomic mass is 16.5. The summed E-state index contributed by atoms with van der Waals surface area (Å²) in [7, 11) is 0. The summed E-state index contributed by atoms with van der Waals surface area (Å²) >= 11 is 0. The van der Waals surface area contributed by atoms with Crippen molar-refractivity contribution >= 4 is 0 Å². The molecule has 0 unspecified atom stereocenters. The van der Waals surface area contributed by atoms with Gasteiger partial charge in [-0.2, -0.15) is 0 Å². The molecule has 0 N–H and O–H groups in total. The zero-order valence-electron chi connectivity index (χ0n) is 15.5. The smallest absolute Gasteiger partial charge is 0.118 e. The molecule has 5 nitrogen and oxygen atoms in total. The van der Waals surface area contributed by atoms with Gasteiger partial charge in [-0.1, -0.05) is 0 Å². The van der Waals surface area contributed by atoms with Crippen LogP contribution in [-0.4, -0.2) is 42.3 Å². The van der Waals surface area contributed by atoms with Gasteiger partial charge in [0, 0.05) is 37.5 Å². The van der Waals surface area contributed by atoms with Crippen LogP contribution in [0.3, 0.4) is 0 Å². The van der Waals surface area contributed by atoms with Crippen molar-refractivity contribution in [2.24, 2.45) is 5.41 Å². The SMILES string of the molecule is Cc1ccc(CN2CC[C@H]3OCCC[C@]3(COCc3ccncc3)C2)o1. The Morgan fingerprint density at radius 1 is 1.27 bits per heavy atom. The number of aromatic nitrogens is 1. The van der Waals surface area contributed by atoms with Crippen molar-refractivity contribution in [3.63, 3.8) is 0 Å². The predicted octanol–water partition coefficient (Wildman–Crippen LogP) is 3.57. The quantitative estimate of drug-likeness (QED) is 0.792. The Labute approximate surface area is 155 Å². The van der Waals surface area contributed by atoms with E-state index in [-0.39, 0.29) is 5.41 Å². The van der Waals surface area contributed by atoms with E-state index in [4.69, 9.17) is 13.9 Å². The molecule has 2 aromatic heterocycles. The minimum Gasteiger partial charge on any atom is -0.465 e. The summed E-state index contributed by atoms with van der Waals surface area (Å²) < 4.78 is 18.1. The molecule has 0 aliphatic carbocycles. The molecular formula is C21H28N2O3. The minimum absolute atomic E-state index is 0.0885. The van der Waals surface area contributed by atoms with Crippen LogP contribution >= 0.6 is 0 Å². The van der Waals surface area contributed by atoms with Crippen LogP contribution in [0.5, 0.6) is 0 Å². The van der Waals surface area contributed by atoms with Crippen LogP contribution in [0, 0.1) is 12.3 Å². The molecule has 0 spiro atoms. The van der Waals surface area contributed by atoms with Gasteiger partial charge in [0.1, 0.15) is 11.5 Å². The molecular weight excluding hydrogens is 328 g/mol. The first-order valence-electron chi connectivity index (χ1n) is 9.59. The second-order valence-corrected chi connectivity index (χ2v) is 7.69. The molecule has 2 fully saturated rings. The van der Waals surface area contributed by atoms with Crippen molar-refractivity contribution in [3.8, 4) is 0 Å². The topological polar surface area (TPSA) is 47.7 Å². The Bertz CT molecular complexity index is 702. The van der Waals surface area contributed by atoms with Gasteiger partial charge in [0.15, 0.2) is 0 Å². The Balaban J connectivity index is 1.40. The largest absolute Gasteiger partial charge is 0.465 e. The molecule has 4 heterocycles. The Kier molecular flexibility index (Phi) is 5.38. The van der Waals surface area contributed by atoms with Crippen molar-refractivity contribution in [1.82, 2.24) is 9.88 Å². The van der Waals surface area contributed by atoms with E-state index >= 15 is 0 Å². The van der Waals surface area contributed by atoms with E-state index in [1.165, 1.54) is 12.0 Å². The number of nitrogens with zero attached hydrogens (tertiary/aromatic N) is 2. The standard InChI is InChI=1S/C21H28N2O3/c1-17-3-4-19(26-17)13-23-11-7-20-21(15-23,8-2-12-25-20)16-24-14-18-5-9-22-10-6-18/h3-6,9-10,20H,2,7-8,11-16H2,1H3/t20-,21-/m1/s1. The van der Waals surface area contributed by atoms with Gasteiger partial charge in [-0.05, 0) is 56.0 Å². The average Bonchev–Trinajstić information content (AvgIpc) is 3.07. The van der Waals surface area contributed by atoms with E-state index in [0.29, 0.717) is 12.7 Å². The molecule has 5 heteroatoms. The molecule has 140 valence electrons. The van der Waals surface area contributed by atoms with Crippen LogP contribution in [-0.2, 0) is 22.6 Å². The molecule has 0 saturated carbocycles. The number of rotatable bonds is 6. The van der Waals surface area contributed by atoms with Gasteiger partial charge in [0.05, 0.1) is 25.9 Å². The van der Waals surface area contributed by atoms with Crippen molar-refractivity contribution in [2.45, 2.75) is 45.4 Å². The molecule has 2 aliphatic rings. The highest BCUT2D eigenvalue weighted by Crippen LogP contribution is 2.41. The van der Waals surface area contributed by atoms with E-state index in [1.54, 1.807) is 0 Å². The average molecular weight is 356 g/mol. The lowest BCUT2D eigenvalue weighted by Crippen LogP contribution is -2.56. The van der Waals surface area contributed by atoms with Crippen molar-refractivity contribution in [2.75, 3.05) is 26.3 Å². The summed E-state index contributed by atoms with van der Waals surface area (Å²) in [5.41, 5.74) is 1.26. The summed E-state index contributed by atoms with van der Waals surface area (Å²) in [5, 5.41) is 0. The number of furan rings is 1. The number of aryl methyl sites for hydroxylation is 1. The fraction of sp³-hybridized carbons (Fsp3) is 0.571. The lowest BCUT2D eigenvalue weighted by atomic mass is 9.73. The highest BCUT2D eigenvalue weighted by Gasteiger charge is 2.46. The van der Waals surface area contributed by atoms with Crippen molar-refractivity contribution < 1.29 is 13.9 Å². The van der Waals surface area contributed by atoms with E-state index in [1.807, 2.05) is 37.5 Å². The van der Waals surface area contributed by atoms with Crippen LogP contribution in [0.2, 0.25) is 0 Å². The lowest BCUT2D eigenvalue weighted by molar-refractivity contribution is -0.156. The molecule has 0 bridgehead atoms. The van der Waals surface area contributed by atoms with Crippen LogP contribution < -0.4 is 0 Å². The third-order valence-electron chi connectivity index (χ3n) is 5.65. The van der Waals surface area contributed by atoms with Crippen molar-refractivity contribution in [1.29, 1.82) is 0 Å². The fourth-order valence-electron chi connectivity index (χ4n) is 4.37. The molecule has 2 aliphatic heterocycles. The van der Waals surface area contributed by atoms with Crippen LogP contribution in [0.1, 0.15) is 36.3 Å². The Hall–Kier alpha value is -1.69. The number of piperidine rings is 1. The second-order valence-electron chi connectivity index (χ2n) is 7.69. The third-order valence-corrected chi connectivity index (χ3v) is 5.65. The van der Waals surface area contributed by atoms with Gasteiger partial charge in [0.25, 0.3) is 0 Å². The van der Waals surface area contributed by atoms with Crippen LogP contribution in [0.4, 0.5) is 0 Å². The van der Waals surface area contributed by atoms with E-state index in [0.717, 1.165) is 57.2 Å². The highest BCUT2D eigenvalue weighted by molar-refractivity contribution is 5.08. The van der Waals surface area contributed by atoms with Gasteiger partial charge in [-0.25, -0.2) is 0 Å². The van der Waals surface area contributed by atoms with Gasteiger partial charge in [-0.3, -0.25) is 9.88 Å². The summed E-state index contributed by atoms with van der Waals surface area (Å²) in [6, 6.07) is 8.16. The summed E-state index contributed by atoms with van der Waals surface area (Å²) in [6.07, 6.45) is 7.29. The molecule has 2 atom stereocenters. The number of hydrogen-bond acceptors (Lipinski definition) is 5. The molecule has 26 heavy (non-hydrogen) atoms. The van der Waals surface area contributed by atoms with Gasteiger partial charge in [-0.15, -0.1) is 0 Å². The maximum absolute atomic E-state index is 6.16. The van der Waals surface area contributed by atoms with Gasteiger partial charge < -0.3 is 13.9 Å². The van der Waals surface area contributed by atoms with Crippen molar-refractivity contribution in [3.05, 3.63) is 53.7 Å². The number of fused-ring (bicyclic) bond motifs is 1. The molecule has 0 amide bonds. The summed E-state index contributed by atoms with van der Waals surface area (Å²) in [4.78, 5) is 6.57. The third kappa shape index (κ3) is 4.00. The van der Waals surface area contributed by atoms with Crippen LogP contribution in [0.15, 0.2) is 41.1 Å². The monoisotopic (exact) mass is 356 g/mol. The van der Waals surface area contributed by atoms with E-state index in [9.17, 15) is 0 Å². The molecule has 4 rings (SSSR count). The molecule has 2 aromatic rings. The lowest BCUT2D eigenvalue weighted by Gasteiger charge is -2.50. The molecule has 2 saturated heterocycles. The van der Waals surface area contributed by atoms with E-state index in [2.05, 4.69) is 16.0 Å². The van der Waals surface area contributed by atoms with Gasteiger partial charge in [0.2, 0.25) is 0 Å². The van der Waals surface area contributed by atoms with E-state index < -0.39 is 0 Å². The Morgan fingerprint density at radius 2 is 2.15 bits per heavy atom. The zero-order chi connectivity index (χ0) is 17.8. The number of hydrogen-bond donors (Lipinski definition) is 0. The summed E-state index contributed by atoms with van der Waals surface area (Å²) in [5.74, 6) is 2.02. The first kappa shape index (κ1) is 17.7. The number of pyridine rings is 1. The Morgan fingerprint density at radius 3 is 2.96 bits per heavy atom. The number of ether oxygens (including phenoxy) is 2. The van der Waals surface area contributed by atoms with Gasteiger partial charge >= 0.3 is 0 Å². The normalized spacial score (nSPS) is 26.6. The summed E-state index contributed by atoms with van der Waals surface area (Å²) in [6.45, 7) is 7.19. The first-order valence-corrected chi connectivity index (χ1v) is 9.59. The van der Waals surface area contributed by atoms with Crippen LogP contribution in [0.25, 0.3) is 0 Å². The molecule has 0 radical (unpaired) electrons. The predicted molar refractivity (Wildman–Crippen MR) is 98.6 cm³/mol. The first-order chi connectivity index (χ1) is 12.7. The number of likely N-dealkylation sites (tertiary alicyclic amines) is 1. The maximum atomic E-state index is 6.16. The second kappa shape index (κ2) is 7.91. The molecule has 0 aromatic carbocycles. The maximum Gasteiger partial charge on any atom is 0.118 e. The minimum atomic E-state index is 0.0885.